The molecule has 0 saturated heterocycles. The second kappa shape index (κ2) is 6.19. The molecule has 1 aromatic heterocycles. The summed E-state index contributed by atoms with van der Waals surface area (Å²) in [6.45, 7) is 8.68. The van der Waals surface area contributed by atoms with E-state index in [1.807, 2.05) is 18.9 Å². The van der Waals surface area contributed by atoms with Crippen molar-refractivity contribution in [3.63, 3.8) is 0 Å². The number of nitrogens with two attached hydrogens (primary N) is 1. The fourth-order valence-corrected chi connectivity index (χ4v) is 1.38. The van der Waals surface area contributed by atoms with Gasteiger partial charge in [0.05, 0.1) is 0 Å². The van der Waals surface area contributed by atoms with Crippen LogP contribution in [-0.2, 0) is 0 Å². The van der Waals surface area contributed by atoms with Crippen molar-refractivity contribution in [2.45, 2.75) is 20.8 Å². The Balaban J connectivity index is 3.12. The van der Waals surface area contributed by atoms with E-state index in [1.54, 1.807) is 0 Å². The summed E-state index contributed by atoms with van der Waals surface area (Å²) in [6, 6.07) is 0. The van der Waals surface area contributed by atoms with E-state index in [2.05, 4.69) is 39.1 Å². The van der Waals surface area contributed by atoms with Gasteiger partial charge in [-0.3, -0.25) is 5.43 Å². The lowest BCUT2D eigenvalue weighted by Gasteiger charge is -2.21. The lowest BCUT2D eigenvalue weighted by Crippen LogP contribution is -2.28. The molecule has 0 saturated carbocycles. The zero-order valence-corrected chi connectivity index (χ0v) is 10.9. The van der Waals surface area contributed by atoms with Crippen molar-refractivity contribution in [2.24, 2.45) is 5.84 Å². The van der Waals surface area contributed by atoms with Gasteiger partial charge in [0, 0.05) is 26.7 Å². The van der Waals surface area contributed by atoms with E-state index < -0.39 is 0 Å². The molecule has 0 radical (unpaired) electrons. The molecule has 7 nitrogen and oxygen atoms in total. The van der Waals surface area contributed by atoms with Crippen LogP contribution in [0.5, 0.6) is 0 Å². The van der Waals surface area contributed by atoms with E-state index in [4.69, 9.17) is 5.84 Å². The van der Waals surface area contributed by atoms with E-state index >= 15 is 0 Å². The molecule has 0 aliphatic heterocycles. The van der Waals surface area contributed by atoms with E-state index in [9.17, 15) is 0 Å². The van der Waals surface area contributed by atoms with Crippen molar-refractivity contribution in [3.8, 4) is 0 Å². The van der Waals surface area contributed by atoms with Crippen LogP contribution < -0.4 is 21.1 Å². The average molecular weight is 239 g/mol. The van der Waals surface area contributed by atoms with Gasteiger partial charge in [0.15, 0.2) is 0 Å². The predicted octanol–water partition coefficient (Wildman–Crippen LogP) is 0.460. The molecule has 3 N–H and O–H groups in total. The number of nitrogen functional groups attached to an aromatic ring is 1. The molecular formula is C10H21N7. The zero-order chi connectivity index (χ0) is 12.8. The van der Waals surface area contributed by atoms with Gasteiger partial charge < -0.3 is 9.80 Å². The van der Waals surface area contributed by atoms with E-state index in [-0.39, 0.29) is 0 Å². The lowest BCUT2D eigenvalue weighted by atomic mass is 10.5. The first-order valence-corrected chi connectivity index (χ1v) is 5.84. The van der Waals surface area contributed by atoms with Crippen molar-refractivity contribution in [3.05, 3.63) is 0 Å². The summed E-state index contributed by atoms with van der Waals surface area (Å²) >= 11 is 0. The van der Waals surface area contributed by atoms with E-state index in [0.717, 1.165) is 19.6 Å². The number of aromatic nitrogens is 3. The number of anilines is 3. The van der Waals surface area contributed by atoms with Gasteiger partial charge in [-0.25, -0.2) is 5.84 Å². The number of hydrogen-bond donors (Lipinski definition) is 2. The van der Waals surface area contributed by atoms with Gasteiger partial charge in [0.2, 0.25) is 17.8 Å². The van der Waals surface area contributed by atoms with Crippen LogP contribution in [0.3, 0.4) is 0 Å². The Morgan fingerprint density at radius 1 is 1.00 bits per heavy atom. The molecule has 1 heterocycles. The zero-order valence-electron chi connectivity index (χ0n) is 10.9. The predicted molar refractivity (Wildman–Crippen MR) is 70.1 cm³/mol. The van der Waals surface area contributed by atoms with Crippen molar-refractivity contribution < 1.29 is 0 Å². The number of nitrogens with zero attached hydrogens (tertiary/aromatic N) is 5. The molecule has 0 spiro atoms. The second-order valence-electron chi connectivity index (χ2n) is 3.59. The first kappa shape index (κ1) is 13.4. The number of hydrogen-bond acceptors (Lipinski definition) is 7. The Hall–Kier alpha value is -1.63. The van der Waals surface area contributed by atoms with Crippen LogP contribution >= 0.6 is 0 Å². The van der Waals surface area contributed by atoms with Crippen molar-refractivity contribution in [1.82, 2.24) is 15.0 Å². The minimum atomic E-state index is 0.386. The van der Waals surface area contributed by atoms with Crippen LogP contribution in [0.15, 0.2) is 0 Å². The maximum atomic E-state index is 5.37. The van der Waals surface area contributed by atoms with Crippen LogP contribution in [0.4, 0.5) is 17.8 Å². The van der Waals surface area contributed by atoms with Gasteiger partial charge in [0.1, 0.15) is 0 Å². The minimum Gasteiger partial charge on any atom is -0.344 e. The summed E-state index contributed by atoms with van der Waals surface area (Å²) in [5.74, 6) is 7.03. The quantitative estimate of drug-likeness (QED) is 0.551. The molecule has 0 amide bonds. The number of rotatable bonds is 6. The summed E-state index contributed by atoms with van der Waals surface area (Å²) in [6.07, 6.45) is 0. The Bertz CT molecular complexity index is 351. The molecule has 1 aromatic rings. The summed E-state index contributed by atoms with van der Waals surface area (Å²) < 4.78 is 0. The first-order chi connectivity index (χ1) is 8.15. The standard InChI is InChI=1S/C10H21N7/c1-5-16(4)9-12-8(15-11)13-10(14-9)17(6-2)7-3/h5-7,11H2,1-4H3,(H,12,13,14,15). The van der Waals surface area contributed by atoms with E-state index in [1.165, 1.54) is 0 Å². The Morgan fingerprint density at radius 3 is 2.06 bits per heavy atom. The summed E-state index contributed by atoms with van der Waals surface area (Å²) in [5, 5.41) is 0. The number of nitrogens with one attached hydrogen (secondary N) is 1. The molecule has 0 unspecified atom stereocenters. The van der Waals surface area contributed by atoms with Crippen molar-refractivity contribution in [2.75, 3.05) is 41.9 Å². The van der Waals surface area contributed by atoms with Crippen LogP contribution in [0.2, 0.25) is 0 Å². The third-order valence-electron chi connectivity index (χ3n) is 2.60. The van der Waals surface area contributed by atoms with Gasteiger partial charge >= 0.3 is 0 Å². The van der Waals surface area contributed by atoms with Crippen LogP contribution in [0.1, 0.15) is 20.8 Å². The highest BCUT2D eigenvalue weighted by atomic mass is 15.4. The molecule has 1 rings (SSSR count). The minimum absolute atomic E-state index is 0.386. The first-order valence-electron chi connectivity index (χ1n) is 5.84. The van der Waals surface area contributed by atoms with Crippen molar-refractivity contribution in [1.29, 1.82) is 0 Å². The molecule has 17 heavy (non-hydrogen) atoms. The fourth-order valence-electron chi connectivity index (χ4n) is 1.38. The molecular weight excluding hydrogens is 218 g/mol. The molecule has 0 fully saturated rings. The van der Waals surface area contributed by atoms with Gasteiger partial charge in [0.25, 0.3) is 0 Å². The topological polar surface area (TPSA) is 83.2 Å². The summed E-state index contributed by atoms with van der Waals surface area (Å²) in [7, 11) is 1.93. The van der Waals surface area contributed by atoms with Crippen LogP contribution in [0.25, 0.3) is 0 Å². The molecule has 7 heteroatoms. The molecule has 0 atom stereocenters. The van der Waals surface area contributed by atoms with Crippen LogP contribution in [-0.4, -0.2) is 41.6 Å². The smallest absolute Gasteiger partial charge is 0.243 e. The summed E-state index contributed by atoms with van der Waals surface area (Å²) in [5.41, 5.74) is 2.47. The van der Waals surface area contributed by atoms with Gasteiger partial charge in [-0.1, -0.05) is 0 Å². The van der Waals surface area contributed by atoms with Gasteiger partial charge in [-0.15, -0.1) is 0 Å². The lowest BCUT2D eigenvalue weighted by molar-refractivity contribution is 0.798. The highest BCUT2D eigenvalue weighted by molar-refractivity contribution is 5.44. The molecule has 0 aliphatic carbocycles. The van der Waals surface area contributed by atoms with Crippen LogP contribution in [0, 0.1) is 0 Å². The van der Waals surface area contributed by atoms with Gasteiger partial charge in [-0.2, -0.15) is 15.0 Å². The second-order valence-corrected chi connectivity index (χ2v) is 3.59. The van der Waals surface area contributed by atoms with E-state index in [0.29, 0.717) is 17.8 Å². The average Bonchev–Trinajstić information content (AvgIpc) is 2.38. The largest absolute Gasteiger partial charge is 0.344 e. The fraction of sp³-hybridized carbons (Fsp3) is 0.700. The maximum Gasteiger partial charge on any atom is 0.243 e. The monoisotopic (exact) mass is 239 g/mol. The molecule has 0 bridgehead atoms. The molecule has 96 valence electrons. The van der Waals surface area contributed by atoms with Crippen molar-refractivity contribution >= 4 is 17.8 Å². The third-order valence-corrected chi connectivity index (χ3v) is 2.60. The highest BCUT2D eigenvalue weighted by Crippen LogP contribution is 2.14. The third kappa shape index (κ3) is 3.16. The Kier molecular flexibility index (Phi) is 4.89. The van der Waals surface area contributed by atoms with Gasteiger partial charge in [-0.05, 0) is 20.8 Å². The maximum absolute atomic E-state index is 5.37. The Labute approximate surface area is 102 Å². The Morgan fingerprint density at radius 2 is 1.59 bits per heavy atom. The molecule has 0 aromatic carbocycles. The highest BCUT2D eigenvalue weighted by Gasteiger charge is 2.12. The molecule has 0 aliphatic rings. The summed E-state index contributed by atoms with van der Waals surface area (Å²) in [4.78, 5) is 16.9. The normalized spacial score (nSPS) is 10.2. The number of hydrazine groups is 1. The SMILES string of the molecule is CCN(C)c1nc(NN)nc(N(CC)CC)n1.